The number of aromatic nitrogens is 4. The third-order valence-corrected chi connectivity index (χ3v) is 5.09. The lowest BCUT2D eigenvalue weighted by molar-refractivity contribution is 0.0603. The predicted octanol–water partition coefficient (Wildman–Crippen LogP) is 2.52. The summed E-state index contributed by atoms with van der Waals surface area (Å²) < 4.78 is 0. The van der Waals surface area contributed by atoms with Crippen molar-refractivity contribution in [2.75, 3.05) is 6.54 Å². The van der Waals surface area contributed by atoms with Gasteiger partial charge in [-0.2, -0.15) is 10.3 Å². The van der Waals surface area contributed by atoms with Crippen LogP contribution in [-0.2, 0) is 0 Å². The van der Waals surface area contributed by atoms with Crippen molar-refractivity contribution < 1.29 is 4.79 Å². The van der Waals surface area contributed by atoms with E-state index in [-0.39, 0.29) is 17.6 Å². The Kier molecular flexibility index (Phi) is 5.33. The van der Waals surface area contributed by atoms with Gasteiger partial charge in [0, 0.05) is 18.9 Å². The molecule has 0 saturated carbocycles. The molecule has 1 unspecified atom stereocenters. The Hall–Kier alpha value is -3.55. The van der Waals surface area contributed by atoms with Gasteiger partial charge in [0.15, 0.2) is 0 Å². The average Bonchev–Trinajstić information content (AvgIpc) is 3.14. The number of hydrogen-bond acceptors (Lipinski definition) is 5. The summed E-state index contributed by atoms with van der Waals surface area (Å²) in [5.41, 5.74) is 2.24. The van der Waals surface area contributed by atoms with E-state index < -0.39 is 5.56 Å². The van der Waals surface area contributed by atoms with Crippen LogP contribution in [0, 0.1) is 6.92 Å². The second-order valence-electron chi connectivity index (χ2n) is 7.13. The zero-order valence-corrected chi connectivity index (χ0v) is 16.2. The standard InChI is InChI=1S/C21H22N6O2/c1-15-7-9-16(10-8-15)13-23-27-21(29)19(24-25-27)20(28)26-12-3-2-6-18(26)17-5-4-11-22-14-17/h4-5,7-11,13-14,18,25H,2-3,6,12H2,1H3. The molecule has 0 radical (unpaired) electrons. The zero-order chi connectivity index (χ0) is 20.2. The SMILES string of the molecule is Cc1ccc(C=Nn2[nH]nc(C(=O)N3CCCCC3c3cccnc3)c2=O)cc1. The lowest BCUT2D eigenvalue weighted by Gasteiger charge is -2.35. The molecule has 1 aliphatic rings. The Morgan fingerprint density at radius 1 is 1.24 bits per heavy atom. The maximum Gasteiger partial charge on any atom is 0.320 e. The van der Waals surface area contributed by atoms with Gasteiger partial charge in [0.1, 0.15) is 0 Å². The molecular formula is C21H22N6O2. The first-order valence-electron chi connectivity index (χ1n) is 9.63. The van der Waals surface area contributed by atoms with Crippen LogP contribution >= 0.6 is 0 Å². The van der Waals surface area contributed by atoms with Crippen LogP contribution in [0.2, 0.25) is 0 Å². The molecule has 3 heterocycles. The Morgan fingerprint density at radius 2 is 2.07 bits per heavy atom. The molecule has 148 valence electrons. The quantitative estimate of drug-likeness (QED) is 0.693. The molecule has 2 aromatic heterocycles. The normalized spacial score (nSPS) is 17.0. The number of carbonyl (C=O) groups excluding carboxylic acids is 1. The first-order valence-corrected chi connectivity index (χ1v) is 9.63. The molecule has 1 atom stereocenters. The Labute approximate surface area is 167 Å². The van der Waals surface area contributed by atoms with E-state index >= 15 is 0 Å². The number of nitrogens with one attached hydrogen (secondary N) is 1. The highest BCUT2D eigenvalue weighted by molar-refractivity contribution is 5.92. The number of benzene rings is 1. The molecule has 1 fully saturated rings. The Bertz CT molecular complexity index is 1070. The topological polar surface area (TPSA) is 96.2 Å². The van der Waals surface area contributed by atoms with Gasteiger partial charge in [-0.05, 0) is 43.4 Å². The van der Waals surface area contributed by atoms with Gasteiger partial charge in [-0.25, -0.2) is 0 Å². The van der Waals surface area contributed by atoms with Gasteiger partial charge < -0.3 is 4.90 Å². The third-order valence-electron chi connectivity index (χ3n) is 5.09. The summed E-state index contributed by atoms with van der Waals surface area (Å²) in [5, 5.41) is 10.6. The van der Waals surface area contributed by atoms with Crippen LogP contribution in [0.3, 0.4) is 0 Å². The van der Waals surface area contributed by atoms with Crippen molar-refractivity contribution in [2.24, 2.45) is 5.10 Å². The number of aromatic amines is 1. The van der Waals surface area contributed by atoms with Crippen LogP contribution in [0.1, 0.15) is 52.5 Å². The number of likely N-dealkylation sites (tertiary alicyclic amines) is 1. The van der Waals surface area contributed by atoms with Gasteiger partial charge >= 0.3 is 5.56 Å². The van der Waals surface area contributed by atoms with Crippen LogP contribution in [0.15, 0.2) is 58.7 Å². The fourth-order valence-electron chi connectivity index (χ4n) is 3.52. The van der Waals surface area contributed by atoms with Gasteiger partial charge in [-0.3, -0.25) is 14.6 Å². The van der Waals surface area contributed by atoms with Crippen LogP contribution in [0.4, 0.5) is 0 Å². The molecule has 8 heteroatoms. The maximum absolute atomic E-state index is 13.1. The molecule has 1 amide bonds. The van der Waals surface area contributed by atoms with Crippen molar-refractivity contribution in [3.63, 3.8) is 0 Å². The molecule has 0 bridgehead atoms. The third kappa shape index (κ3) is 4.01. The van der Waals surface area contributed by atoms with E-state index in [1.165, 1.54) is 0 Å². The number of nitrogens with zero attached hydrogens (tertiary/aromatic N) is 5. The van der Waals surface area contributed by atoms with Crippen molar-refractivity contribution in [3.05, 3.63) is 81.5 Å². The van der Waals surface area contributed by atoms with E-state index in [1.54, 1.807) is 23.5 Å². The molecule has 0 aliphatic carbocycles. The maximum atomic E-state index is 13.1. The summed E-state index contributed by atoms with van der Waals surface area (Å²) in [7, 11) is 0. The Balaban J connectivity index is 1.57. The average molecular weight is 390 g/mol. The number of H-pyrrole nitrogens is 1. The minimum absolute atomic E-state index is 0.106. The van der Waals surface area contributed by atoms with E-state index in [9.17, 15) is 9.59 Å². The smallest absolute Gasteiger partial charge is 0.320 e. The molecule has 3 aromatic rings. The number of hydrogen-bond donors (Lipinski definition) is 1. The fraction of sp³-hybridized carbons (Fsp3) is 0.286. The lowest BCUT2D eigenvalue weighted by Crippen LogP contribution is -2.40. The number of piperidine rings is 1. The fourth-order valence-corrected chi connectivity index (χ4v) is 3.52. The number of pyridine rings is 1. The molecule has 1 aromatic carbocycles. The zero-order valence-electron chi connectivity index (χ0n) is 16.2. The summed E-state index contributed by atoms with van der Waals surface area (Å²) in [4.78, 5) is 32.6. The first kappa shape index (κ1) is 18.8. The van der Waals surface area contributed by atoms with Crippen LogP contribution in [0.5, 0.6) is 0 Å². The molecule has 1 saturated heterocycles. The minimum Gasteiger partial charge on any atom is -0.330 e. The largest absolute Gasteiger partial charge is 0.330 e. The van der Waals surface area contributed by atoms with Gasteiger partial charge in [0.25, 0.3) is 5.91 Å². The van der Waals surface area contributed by atoms with Crippen molar-refractivity contribution in [2.45, 2.75) is 32.2 Å². The number of amides is 1. The highest BCUT2D eigenvalue weighted by Crippen LogP contribution is 2.31. The van der Waals surface area contributed by atoms with E-state index in [2.05, 4.69) is 20.4 Å². The van der Waals surface area contributed by atoms with Crippen molar-refractivity contribution in [1.82, 2.24) is 25.0 Å². The number of rotatable bonds is 4. The molecule has 29 heavy (non-hydrogen) atoms. The molecule has 0 spiro atoms. The summed E-state index contributed by atoms with van der Waals surface area (Å²) in [6.07, 6.45) is 7.78. The van der Waals surface area contributed by atoms with Crippen LogP contribution in [0.25, 0.3) is 0 Å². The van der Waals surface area contributed by atoms with E-state index in [0.29, 0.717) is 6.54 Å². The summed E-state index contributed by atoms with van der Waals surface area (Å²) >= 11 is 0. The molecule has 4 rings (SSSR count). The highest BCUT2D eigenvalue weighted by atomic mass is 16.2. The summed E-state index contributed by atoms with van der Waals surface area (Å²) in [6, 6.07) is 11.4. The Morgan fingerprint density at radius 3 is 2.83 bits per heavy atom. The molecular weight excluding hydrogens is 368 g/mol. The van der Waals surface area contributed by atoms with Crippen molar-refractivity contribution in [1.29, 1.82) is 0 Å². The van der Waals surface area contributed by atoms with E-state index in [1.807, 2.05) is 43.3 Å². The van der Waals surface area contributed by atoms with Crippen molar-refractivity contribution in [3.8, 4) is 0 Å². The highest BCUT2D eigenvalue weighted by Gasteiger charge is 2.31. The first-order chi connectivity index (χ1) is 14.1. The van der Waals surface area contributed by atoms with Crippen LogP contribution in [-0.4, -0.2) is 43.7 Å². The molecule has 8 nitrogen and oxygen atoms in total. The van der Waals surface area contributed by atoms with E-state index in [0.717, 1.165) is 40.7 Å². The lowest BCUT2D eigenvalue weighted by atomic mass is 9.96. The molecule has 1 N–H and O–H groups in total. The van der Waals surface area contributed by atoms with Gasteiger partial charge in [0.05, 0.1) is 12.3 Å². The molecule has 1 aliphatic heterocycles. The minimum atomic E-state index is -0.561. The van der Waals surface area contributed by atoms with E-state index in [4.69, 9.17) is 0 Å². The van der Waals surface area contributed by atoms with Crippen LogP contribution < -0.4 is 5.56 Å². The van der Waals surface area contributed by atoms with Gasteiger partial charge in [-0.15, -0.1) is 9.89 Å². The number of aryl methyl sites for hydroxylation is 1. The predicted molar refractivity (Wildman–Crippen MR) is 109 cm³/mol. The van der Waals surface area contributed by atoms with Crippen molar-refractivity contribution >= 4 is 12.1 Å². The van der Waals surface area contributed by atoms with Gasteiger partial charge in [-0.1, -0.05) is 35.9 Å². The summed E-state index contributed by atoms with van der Waals surface area (Å²) in [5.74, 6) is -0.385. The van der Waals surface area contributed by atoms with Gasteiger partial charge in [0.2, 0.25) is 5.69 Å². The number of carbonyl (C=O) groups is 1. The summed E-state index contributed by atoms with van der Waals surface area (Å²) in [6.45, 7) is 2.58. The monoisotopic (exact) mass is 390 g/mol. The second kappa shape index (κ2) is 8.22. The second-order valence-corrected chi connectivity index (χ2v) is 7.13.